The van der Waals surface area contributed by atoms with Gasteiger partial charge < -0.3 is 0 Å². The number of benzene rings is 1. The van der Waals surface area contributed by atoms with Gasteiger partial charge in [0, 0.05) is 6.20 Å². The number of halogens is 2. The highest BCUT2D eigenvalue weighted by Crippen LogP contribution is 2.22. The summed E-state index contributed by atoms with van der Waals surface area (Å²) in [5, 5.41) is 8.89. The van der Waals surface area contributed by atoms with Crippen molar-refractivity contribution in [3.05, 3.63) is 70.9 Å². The van der Waals surface area contributed by atoms with Crippen LogP contribution in [0.3, 0.4) is 0 Å². The second-order valence-electron chi connectivity index (χ2n) is 4.76. The van der Waals surface area contributed by atoms with Gasteiger partial charge in [0.1, 0.15) is 16.8 Å². The van der Waals surface area contributed by atoms with E-state index in [1.165, 1.54) is 12.1 Å². The average molecular weight is 330 g/mol. The second kappa shape index (κ2) is 6.58. The fourth-order valence-corrected chi connectivity index (χ4v) is 2.32. The van der Waals surface area contributed by atoms with E-state index >= 15 is 0 Å². The molecule has 0 saturated heterocycles. The van der Waals surface area contributed by atoms with Crippen molar-refractivity contribution < 1.29 is 4.39 Å². The van der Waals surface area contributed by atoms with Gasteiger partial charge in [-0.3, -0.25) is 5.43 Å². The smallest absolute Gasteiger partial charge is 0.146 e. The number of hydrazone groups is 1. The van der Waals surface area contributed by atoms with E-state index in [4.69, 9.17) is 11.6 Å². The topological polar surface area (TPSA) is 55.1 Å². The molecule has 1 aromatic carbocycles. The Balaban J connectivity index is 1.84. The number of hydrogen-bond acceptors (Lipinski definition) is 4. The molecule has 0 fully saturated rings. The Labute approximate surface area is 137 Å². The van der Waals surface area contributed by atoms with Gasteiger partial charge in [0.25, 0.3) is 0 Å². The first-order valence-corrected chi connectivity index (χ1v) is 7.24. The third-order valence-electron chi connectivity index (χ3n) is 3.16. The van der Waals surface area contributed by atoms with Crippen LogP contribution in [0, 0.1) is 12.7 Å². The van der Waals surface area contributed by atoms with Gasteiger partial charge in [-0.15, -0.1) is 0 Å². The molecule has 0 saturated carbocycles. The van der Waals surface area contributed by atoms with E-state index in [0.717, 1.165) is 0 Å². The van der Waals surface area contributed by atoms with Crippen molar-refractivity contribution >= 4 is 23.6 Å². The van der Waals surface area contributed by atoms with Crippen LogP contribution in [-0.2, 0) is 0 Å². The van der Waals surface area contributed by atoms with E-state index in [1.807, 2.05) is 19.1 Å². The number of aromatic nitrogens is 3. The zero-order chi connectivity index (χ0) is 16.2. The van der Waals surface area contributed by atoms with E-state index in [-0.39, 0.29) is 5.82 Å². The van der Waals surface area contributed by atoms with E-state index in [9.17, 15) is 4.39 Å². The molecule has 2 heterocycles. The Morgan fingerprint density at radius 3 is 2.70 bits per heavy atom. The summed E-state index contributed by atoms with van der Waals surface area (Å²) in [6.07, 6.45) is 3.25. The summed E-state index contributed by atoms with van der Waals surface area (Å²) >= 11 is 6.36. The number of nitrogens with one attached hydrogen (secondary N) is 1. The first-order valence-electron chi connectivity index (χ1n) is 6.86. The van der Waals surface area contributed by atoms with Crippen LogP contribution in [0.4, 0.5) is 10.2 Å². The van der Waals surface area contributed by atoms with Gasteiger partial charge in [0.05, 0.1) is 23.2 Å². The zero-order valence-corrected chi connectivity index (χ0v) is 13.0. The monoisotopic (exact) mass is 329 g/mol. The minimum atomic E-state index is -0.310. The van der Waals surface area contributed by atoms with Gasteiger partial charge in [0.15, 0.2) is 0 Å². The van der Waals surface area contributed by atoms with E-state index in [0.29, 0.717) is 27.9 Å². The standard InChI is InChI=1S/C16H13ClFN5/c1-11-14(10-20-21-15-4-2-3-9-19-15)16(17)23(22-11)13-7-5-12(18)6-8-13/h2-10H,1H3,(H,19,21)/b20-10-. The lowest BCUT2D eigenvalue weighted by Crippen LogP contribution is -1.97. The number of nitrogens with zero attached hydrogens (tertiary/aromatic N) is 4. The Morgan fingerprint density at radius 2 is 2.00 bits per heavy atom. The average Bonchev–Trinajstić information content (AvgIpc) is 2.85. The lowest BCUT2D eigenvalue weighted by atomic mass is 10.3. The summed E-state index contributed by atoms with van der Waals surface area (Å²) in [7, 11) is 0. The Bertz CT molecular complexity index is 828. The number of aryl methyl sites for hydroxylation is 1. The Morgan fingerprint density at radius 1 is 1.22 bits per heavy atom. The number of hydrogen-bond donors (Lipinski definition) is 1. The molecule has 0 spiro atoms. The van der Waals surface area contributed by atoms with Gasteiger partial charge in [-0.2, -0.15) is 10.2 Å². The lowest BCUT2D eigenvalue weighted by Gasteiger charge is -2.02. The Kier molecular flexibility index (Phi) is 4.34. The first-order chi connectivity index (χ1) is 11.1. The molecule has 0 amide bonds. The van der Waals surface area contributed by atoms with Crippen LogP contribution in [0.25, 0.3) is 5.69 Å². The van der Waals surface area contributed by atoms with Crippen molar-refractivity contribution in [2.75, 3.05) is 5.43 Å². The van der Waals surface area contributed by atoms with Crippen molar-refractivity contribution in [1.82, 2.24) is 14.8 Å². The van der Waals surface area contributed by atoms with Crippen LogP contribution in [0.2, 0.25) is 5.15 Å². The van der Waals surface area contributed by atoms with Crippen molar-refractivity contribution in [2.24, 2.45) is 5.10 Å². The van der Waals surface area contributed by atoms with Gasteiger partial charge in [0.2, 0.25) is 0 Å². The molecule has 116 valence electrons. The molecule has 5 nitrogen and oxygen atoms in total. The molecular formula is C16H13ClFN5. The summed E-state index contributed by atoms with van der Waals surface area (Å²) in [4.78, 5) is 4.10. The van der Waals surface area contributed by atoms with Gasteiger partial charge in [-0.25, -0.2) is 14.1 Å². The number of rotatable bonds is 4. The number of pyridine rings is 1. The SMILES string of the molecule is Cc1nn(-c2ccc(F)cc2)c(Cl)c1/C=N\Nc1ccccn1. The summed E-state index contributed by atoms with van der Waals surface area (Å²) in [6, 6.07) is 11.4. The molecule has 7 heteroatoms. The van der Waals surface area contributed by atoms with Crippen LogP contribution < -0.4 is 5.43 Å². The van der Waals surface area contributed by atoms with Crippen molar-refractivity contribution in [3.8, 4) is 5.69 Å². The molecule has 1 N–H and O–H groups in total. The van der Waals surface area contributed by atoms with E-state index in [2.05, 4.69) is 20.6 Å². The third kappa shape index (κ3) is 3.37. The minimum Gasteiger partial charge on any atom is -0.261 e. The molecular weight excluding hydrogens is 317 g/mol. The van der Waals surface area contributed by atoms with Crippen molar-refractivity contribution in [1.29, 1.82) is 0 Å². The van der Waals surface area contributed by atoms with E-state index in [1.54, 1.807) is 35.3 Å². The maximum atomic E-state index is 13.0. The fraction of sp³-hybridized carbons (Fsp3) is 0.0625. The fourth-order valence-electron chi connectivity index (χ4n) is 2.00. The van der Waals surface area contributed by atoms with Crippen LogP contribution >= 0.6 is 11.6 Å². The molecule has 0 radical (unpaired) electrons. The second-order valence-corrected chi connectivity index (χ2v) is 5.12. The maximum Gasteiger partial charge on any atom is 0.146 e. The van der Waals surface area contributed by atoms with Gasteiger partial charge in [-0.05, 0) is 43.3 Å². The predicted molar refractivity (Wildman–Crippen MR) is 88.7 cm³/mol. The molecule has 0 bridgehead atoms. The van der Waals surface area contributed by atoms with E-state index < -0.39 is 0 Å². The highest BCUT2D eigenvalue weighted by atomic mass is 35.5. The predicted octanol–water partition coefficient (Wildman–Crippen LogP) is 3.81. The summed E-state index contributed by atoms with van der Waals surface area (Å²) in [5.41, 5.74) is 4.89. The minimum absolute atomic E-state index is 0.310. The molecule has 0 aliphatic heterocycles. The molecule has 0 unspecified atom stereocenters. The van der Waals surface area contributed by atoms with Crippen LogP contribution in [0.5, 0.6) is 0 Å². The molecule has 0 aliphatic rings. The quantitative estimate of drug-likeness (QED) is 0.585. The summed E-state index contributed by atoms with van der Waals surface area (Å²) in [6.45, 7) is 1.83. The van der Waals surface area contributed by atoms with Gasteiger partial charge >= 0.3 is 0 Å². The largest absolute Gasteiger partial charge is 0.261 e. The third-order valence-corrected chi connectivity index (χ3v) is 3.52. The number of anilines is 1. The molecule has 23 heavy (non-hydrogen) atoms. The Hall–Kier alpha value is -2.73. The molecule has 0 atom stereocenters. The van der Waals surface area contributed by atoms with Crippen LogP contribution in [0.15, 0.2) is 53.8 Å². The zero-order valence-electron chi connectivity index (χ0n) is 12.2. The van der Waals surface area contributed by atoms with Crippen molar-refractivity contribution in [2.45, 2.75) is 6.92 Å². The van der Waals surface area contributed by atoms with Crippen molar-refractivity contribution in [3.63, 3.8) is 0 Å². The molecule has 3 aromatic rings. The van der Waals surface area contributed by atoms with Gasteiger partial charge in [-0.1, -0.05) is 17.7 Å². The van der Waals surface area contributed by atoms with Crippen LogP contribution in [0.1, 0.15) is 11.3 Å². The molecule has 3 rings (SSSR count). The normalized spacial score (nSPS) is 11.1. The maximum absolute atomic E-state index is 13.0. The summed E-state index contributed by atoms with van der Waals surface area (Å²) in [5.74, 6) is 0.318. The lowest BCUT2D eigenvalue weighted by molar-refractivity contribution is 0.627. The first kappa shape index (κ1) is 15.2. The summed E-state index contributed by atoms with van der Waals surface area (Å²) < 4.78 is 14.6. The van der Waals surface area contributed by atoms with Crippen LogP contribution in [-0.4, -0.2) is 21.0 Å². The highest BCUT2D eigenvalue weighted by Gasteiger charge is 2.13. The molecule has 0 aliphatic carbocycles. The highest BCUT2D eigenvalue weighted by molar-refractivity contribution is 6.32. The molecule has 2 aromatic heterocycles.